The van der Waals surface area contributed by atoms with Crippen LogP contribution in [0.3, 0.4) is 0 Å². The van der Waals surface area contributed by atoms with Crippen molar-refractivity contribution >= 4 is 11.5 Å². The molecule has 0 atom stereocenters. The molecule has 0 spiro atoms. The van der Waals surface area contributed by atoms with Crippen LogP contribution in [-0.2, 0) is 5.41 Å². The minimum atomic E-state index is -0.312. The third kappa shape index (κ3) is 3.78. The quantitative estimate of drug-likeness (QED) is 0.694. The minimum Gasteiger partial charge on any atom is -0.492 e. The smallest absolute Gasteiger partial charge is 0.347 e. The third-order valence-electron chi connectivity index (χ3n) is 3.65. The molecular weight excluding hydrogens is 325 g/mol. The number of H-pyrrole nitrogens is 1. The lowest BCUT2D eigenvalue weighted by Gasteiger charge is -2.19. The molecule has 0 aliphatic rings. The predicted molar refractivity (Wildman–Crippen MR) is 92.7 cm³/mol. The van der Waals surface area contributed by atoms with E-state index in [4.69, 9.17) is 4.74 Å². The lowest BCUT2D eigenvalue weighted by atomic mass is 9.93. The Balaban J connectivity index is 1.74. The fourth-order valence-electron chi connectivity index (χ4n) is 2.26. The van der Waals surface area contributed by atoms with Gasteiger partial charge in [0.15, 0.2) is 5.82 Å². The summed E-state index contributed by atoms with van der Waals surface area (Å²) in [5, 5.41) is 9.58. The number of nitrogens with zero attached hydrogens (tertiary/aromatic N) is 3. The second-order valence-electron chi connectivity index (χ2n) is 6.68. The summed E-state index contributed by atoms with van der Waals surface area (Å²) in [6.45, 7) is 6.87. The van der Waals surface area contributed by atoms with E-state index in [2.05, 4.69) is 20.5 Å². The summed E-state index contributed by atoms with van der Waals surface area (Å²) in [6, 6.07) is 5.83. The number of rotatable bonds is 5. The zero-order valence-electron chi connectivity index (χ0n) is 14.3. The first-order chi connectivity index (χ1) is 11.8. The molecule has 0 unspecified atom stereocenters. The lowest BCUT2D eigenvalue weighted by molar-refractivity contribution is 0.332. The second-order valence-corrected chi connectivity index (χ2v) is 6.68. The zero-order chi connectivity index (χ0) is 18.0. The van der Waals surface area contributed by atoms with Gasteiger partial charge in [-0.3, -0.25) is 0 Å². The third-order valence-corrected chi connectivity index (χ3v) is 3.65. The van der Waals surface area contributed by atoms with Gasteiger partial charge in [0.1, 0.15) is 18.2 Å². The number of fused-ring (bicyclic) bond motifs is 1. The van der Waals surface area contributed by atoms with E-state index >= 15 is 0 Å². The highest BCUT2D eigenvalue weighted by molar-refractivity contribution is 5.62. The minimum absolute atomic E-state index is 0.216. The molecule has 0 radical (unpaired) electrons. The molecule has 0 bridgehead atoms. The van der Waals surface area contributed by atoms with Crippen molar-refractivity contribution in [3.63, 3.8) is 0 Å². The fraction of sp³-hybridized carbons (Fsp3) is 0.353. The number of benzene rings is 1. The molecule has 0 saturated heterocycles. The number of nitrogens with one attached hydrogen (secondary N) is 2. The number of aromatic nitrogens is 4. The molecule has 0 aliphatic heterocycles. The van der Waals surface area contributed by atoms with Crippen LogP contribution < -0.4 is 15.7 Å². The highest BCUT2D eigenvalue weighted by Gasteiger charge is 2.19. The highest BCUT2D eigenvalue weighted by atomic mass is 19.1. The van der Waals surface area contributed by atoms with E-state index in [1.165, 1.54) is 16.5 Å². The first kappa shape index (κ1) is 16.9. The molecule has 7 nitrogen and oxygen atoms in total. The molecule has 2 aromatic heterocycles. The van der Waals surface area contributed by atoms with Crippen molar-refractivity contribution in [3.8, 4) is 5.75 Å². The van der Waals surface area contributed by atoms with Gasteiger partial charge in [-0.05, 0) is 24.3 Å². The predicted octanol–water partition coefficient (Wildman–Crippen LogP) is 2.35. The number of hydrogen-bond acceptors (Lipinski definition) is 5. The van der Waals surface area contributed by atoms with Crippen molar-refractivity contribution < 1.29 is 9.13 Å². The number of hydrogen-bond donors (Lipinski definition) is 2. The average molecular weight is 345 g/mol. The van der Waals surface area contributed by atoms with Crippen LogP contribution in [0.4, 0.5) is 10.2 Å². The molecule has 2 heterocycles. The molecule has 2 N–H and O–H groups in total. The van der Waals surface area contributed by atoms with Crippen LogP contribution in [0.1, 0.15) is 26.5 Å². The molecule has 0 fully saturated rings. The van der Waals surface area contributed by atoms with Crippen LogP contribution in [-0.4, -0.2) is 32.7 Å². The Labute approximate surface area is 143 Å². The van der Waals surface area contributed by atoms with Crippen LogP contribution in [0.2, 0.25) is 0 Å². The molecule has 8 heteroatoms. The number of anilines is 1. The maximum Gasteiger partial charge on any atom is 0.347 e. The van der Waals surface area contributed by atoms with Gasteiger partial charge in [-0.1, -0.05) is 20.8 Å². The summed E-state index contributed by atoms with van der Waals surface area (Å²) < 4.78 is 19.9. The molecule has 132 valence electrons. The van der Waals surface area contributed by atoms with Gasteiger partial charge in [0, 0.05) is 11.6 Å². The van der Waals surface area contributed by atoms with E-state index in [-0.39, 0.29) is 16.9 Å². The van der Waals surface area contributed by atoms with Gasteiger partial charge in [0.2, 0.25) is 5.65 Å². The lowest BCUT2D eigenvalue weighted by Crippen LogP contribution is -2.20. The van der Waals surface area contributed by atoms with Crippen LogP contribution >= 0.6 is 0 Å². The summed E-state index contributed by atoms with van der Waals surface area (Å²) in [5.74, 6) is 0.786. The Hall–Kier alpha value is -2.90. The van der Waals surface area contributed by atoms with Gasteiger partial charge >= 0.3 is 5.69 Å². The van der Waals surface area contributed by atoms with E-state index in [1.54, 1.807) is 18.3 Å². The molecular formula is C17H20FN5O2. The van der Waals surface area contributed by atoms with Crippen molar-refractivity contribution in [3.05, 3.63) is 52.5 Å². The van der Waals surface area contributed by atoms with Crippen molar-refractivity contribution in [2.24, 2.45) is 0 Å². The number of aromatic amines is 1. The maximum absolute atomic E-state index is 12.9. The zero-order valence-corrected chi connectivity index (χ0v) is 14.3. The fourth-order valence-corrected chi connectivity index (χ4v) is 2.26. The summed E-state index contributed by atoms with van der Waals surface area (Å²) >= 11 is 0. The van der Waals surface area contributed by atoms with Crippen molar-refractivity contribution in [2.75, 3.05) is 18.5 Å². The van der Waals surface area contributed by atoms with Crippen molar-refractivity contribution in [2.45, 2.75) is 26.2 Å². The Bertz CT molecular complexity index is 925. The van der Waals surface area contributed by atoms with Crippen LogP contribution in [0.25, 0.3) is 5.65 Å². The topological polar surface area (TPSA) is 84.3 Å². The maximum atomic E-state index is 12.9. The van der Waals surface area contributed by atoms with Crippen LogP contribution in [0.15, 0.2) is 35.3 Å². The molecule has 3 rings (SSSR count). The van der Waals surface area contributed by atoms with E-state index in [0.29, 0.717) is 30.4 Å². The Morgan fingerprint density at radius 1 is 1.28 bits per heavy atom. The van der Waals surface area contributed by atoms with Gasteiger partial charge in [-0.15, -0.1) is 5.10 Å². The Morgan fingerprint density at radius 2 is 2.00 bits per heavy atom. The summed E-state index contributed by atoms with van der Waals surface area (Å²) in [4.78, 5) is 16.5. The van der Waals surface area contributed by atoms with E-state index in [9.17, 15) is 9.18 Å². The van der Waals surface area contributed by atoms with E-state index in [1.807, 2.05) is 20.8 Å². The number of ether oxygens (including phenoxy) is 1. The molecule has 25 heavy (non-hydrogen) atoms. The van der Waals surface area contributed by atoms with Gasteiger partial charge in [-0.25, -0.2) is 23.7 Å². The average Bonchev–Trinajstić information content (AvgIpc) is 2.94. The Morgan fingerprint density at radius 3 is 2.68 bits per heavy atom. The number of halogens is 1. The summed E-state index contributed by atoms with van der Waals surface area (Å²) in [7, 11) is 0. The van der Waals surface area contributed by atoms with Crippen LogP contribution in [0, 0.1) is 5.82 Å². The molecule has 0 amide bonds. The second kappa shape index (κ2) is 6.54. The molecule has 1 aromatic carbocycles. The SMILES string of the molecule is CC(C)(C)c1cn2c(=O)[nH]nc2c(NCCOc2ccc(F)cc2)n1. The van der Waals surface area contributed by atoms with Gasteiger partial charge < -0.3 is 10.1 Å². The molecule has 0 saturated carbocycles. The Kier molecular flexibility index (Phi) is 4.43. The summed E-state index contributed by atoms with van der Waals surface area (Å²) in [5.41, 5.74) is 0.671. The largest absolute Gasteiger partial charge is 0.492 e. The monoisotopic (exact) mass is 345 g/mol. The van der Waals surface area contributed by atoms with Gasteiger partial charge in [0.25, 0.3) is 0 Å². The van der Waals surface area contributed by atoms with Crippen molar-refractivity contribution in [1.82, 2.24) is 19.6 Å². The van der Waals surface area contributed by atoms with Gasteiger partial charge in [0.05, 0.1) is 12.2 Å². The highest BCUT2D eigenvalue weighted by Crippen LogP contribution is 2.22. The van der Waals surface area contributed by atoms with Gasteiger partial charge in [-0.2, -0.15) is 0 Å². The van der Waals surface area contributed by atoms with Crippen LogP contribution in [0.5, 0.6) is 5.75 Å². The molecule has 0 aliphatic carbocycles. The first-order valence-corrected chi connectivity index (χ1v) is 7.95. The standard InChI is InChI=1S/C17H20FN5O2/c1-17(2,3)13-10-23-15(21-22-16(23)24)14(20-13)19-8-9-25-12-6-4-11(18)5-7-12/h4-7,10H,8-9H2,1-3H3,(H,19,20)(H,22,24). The normalized spacial score (nSPS) is 11.7. The van der Waals surface area contributed by atoms with E-state index < -0.39 is 0 Å². The van der Waals surface area contributed by atoms with E-state index in [0.717, 1.165) is 5.69 Å². The summed E-state index contributed by atoms with van der Waals surface area (Å²) in [6.07, 6.45) is 1.70. The molecule has 3 aromatic rings. The van der Waals surface area contributed by atoms with Crippen molar-refractivity contribution in [1.29, 1.82) is 0 Å². The first-order valence-electron chi connectivity index (χ1n) is 7.95.